The monoisotopic (exact) mass is 288 g/mol. The highest BCUT2D eigenvalue weighted by molar-refractivity contribution is 5.77. The average molecular weight is 288 g/mol. The Labute approximate surface area is 122 Å². The van der Waals surface area contributed by atoms with E-state index in [2.05, 4.69) is 5.32 Å². The van der Waals surface area contributed by atoms with E-state index in [4.69, 9.17) is 10.5 Å². The molecule has 0 fully saturated rings. The number of nitrogens with one attached hydrogen (secondary N) is 1. The number of nitrogens with two attached hydrogens (primary N) is 1. The summed E-state index contributed by atoms with van der Waals surface area (Å²) in [4.78, 5) is 11.6. The molecule has 2 aromatic rings. The molecule has 0 saturated heterocycles. The van der Waals surface area contributed by atoms with Crippen LogP contribution in [0.5, 0.6) is 5.75 Å². The van der Waals surface area contributed by atoms with E-state index in [1.165, 1.54) is 12.1 Å². The molecule has 1 amide bonds. The average Bonchev–Trinajstić information content (AvgIpc) is 2.47. The number of hydrogen-bond donors (Lipinski definition) is 2. The van der Waals surface area contributed by atoms with E-state index in [1.807, 2.05) is 0 Å². The number of hydrogen-bond acceptors (Lipinski definition) is 3. The molecule has 3 N–H and O–H groups in total. The molecule has 0 saturated carbocycles. The Balaban J connectivity index is 1.69. The lowest BCUT2D eigenvalue weighted by molar-refractivity contribution is -0.123. The minimum atomic E-state index is -0.265. The van der Waals surface area contributed by atoms with Gasteiger partial charge >= 0.3 is 0 Å². The lowest BCUT2D eigenvalue weighted by Crippen LogP contribution is -2.30. The Morgan fingerprint density at radius 3 is 2.67 bits per heavy atom. The molecule has 2 aromatic carbocycles. The third kappa shape index (κ3) is 5.14. The first kappa shape index (κ1) is 14.8. The van der Waals surface area contributed by atoms with Gasteiger partial charge in [0.15, 0.2) is 6.61 Å². The molecule has 0 bridgehead atoms. The largest absolute Gasteiger partial charge is 0.484 e. The van der Waals surface area contributed by atoms with Gasteiger partial charge in [-0.05, 0) is 36.2 Å². The van der Waals surface area contributed by atoms with Crippen molar-refractivity contribution in [3.05, 3.63) is 59.9 Å². The number of ether oxygens (including phenoxy) is 1. The van der Waals surface area contributed by atoms with E-state index in [0.29, 0.717) is 24.4 Å². The summed E-state index contributed by atoms with van der Waals surface area (Å²) in [6.07, 6.45) is 0.643. The maximum Gasteiger partial charge on any atom is 0.257 e. The predicted octanol–water partition coefficient (Wildman–Crippen LogP) is 2.15. The van der Waals surface area contributed by atoms with E-state index in [9.17, 15) is 9.18 Å². The summed E-state index contributed by atoms with van der Waals surface area (Å²) >= 11 is 0. The van der Waals surface area contributed by atoms with Crippen molar-refractivity contribution in [1.29, 1.82) is 0 Å². The first-order chi connectivity index (χ1) is 10.1. The van der Waals surface area contributed by atoms with E-state index >= 15 is 0 Å². The summed E-state index contributed by atoms with van der Waals surface area (Å²) in [5.41, 5.74) is 7.17. The van der Waals surface area contributed by atoms with Crippen LogP contribution in [0, 0.1) is 5.82 Å². The maximum absolute atomic E-state index is 12.7. The van der Waals surface area contributed by atoms with Crippen LogP contribution in [0.15, 0.2) is 48.5 Å². The highest BCUT2D eigenvalue weighted by Crippen LogP contribution is 2.13. The summed E-state index contributed by atoms with van der Waals surface area (Å²) in [5, 5.41) is 2.74. The van der Waals surface area contributed by atoms with Crippen molar-refractivity contribution in [3.8, 4) is 5.75 Å². The van der Waals surface area contributed by atoms with Crippen molar-refractivity contribution >= 4 is 11.6 Å². The van der Waals surface area contributed by atoms with Crippen LogP contribution in [-0.2, 0) is 11.2 Å². The molecule has 2 rings (SSSR count). The SMILES string of the molecule is Nc1cccc(OCC(=O)NCCc2ccc(F)cc2)c1. The smallest absolute Gasteiger partial charge is 0.257 e. The van der Waals surface area contributed by atoms with Crippen LogP contribution in [0.2, 0.25) is 0 Å². The minimum absolute atomic E-state index is 0.0626. The van der Waals surface area contributed by atoms with E-state index in [0.717, 1.165) is 5.56 Å². The van der Waals surface area contributed by atoms with Crippen LogP contribution in [0.1, 0.15) is 5.56 Å². The number of halogens is 1. The van der Waals surface area contributed by atoms with Crippen molar-refractivity contribution in [1.82, 2.24) is 5.32 Å². The van der Waals surface area contributed by atoms with Gasteiger partial charge in [-0.25, -0.2) is 4.39 Å². The Morgan fingerprint density at radius 2 is 1.95 bits per heavy atom. The molecule has 4 nitrogen and oxygen atoms in total. The standard InChI is InChI=1S/C16H17FN2O2/c17-13-6-4-12(5-7-13)8-9-19-16(20)11-21-15-3-1-2-14(18)10-15/h1-7,10H,8-9,11,18H2,(H,19,20). The summed E-state index contributed by atoms with van der Waals surface area (Å²) in [6.45, 7) is 0.414. The summed E-state index contributed by atoms with van der Waals surface area (Å²) < 4.78 is 18.1. The molecule has 21 heavy (non-hydrogen) atoms. The molecule has 0 aliphatic heterocycles. The quantitative estimate of drug-likeness (QED) is 0.800. The van der Waals surface area contributed by atoms with Gasteiger partial charge in [0.1, 0.15) is 11.6 Å². The Hall–Kier alpha value is -2.56. The van der Waals surface area contributed by atoms with Crippen molar-refractivity contribution < 1.29 is 13.9 Å². The zero-order chi connectivity index (χ0) is 15.1. The van der Waals surface area contributed by atoms with Crippen LogP contribution in [0.3, 0.4) is 0 Å². The van der Waals surface area contributed by atoms with Gasteiger partial charge in [-0.15, -0.1) is 0 Å². The van der Waals surface area contributed by atoms with Gasteiger partial charge in [0.05, 0.1) is 0 Å². The number of carbonyl (C=O) groups excluding carboxylic acids is 1. The zero-order valence-corrected chi connectivity index (χ0v) is 11.5. The molecule has 0 aliphatic rings. The van der Waals surface area contributed by atoms with Crippen LogP contribution in [-0.4, -0.2) is 19.1 Å². The van der Waals surface area contributed by atoms with Crippen LogP contribution in [0.4, 0.5) is 10.1 Å². The number of carbonyl (C=O) groups is 1. The third-order valence-corrected chi connectivity index (χ3v) is 2.88. The fourth-order valence-electron chi connectivity index (χ4n) is 1.80. The van der Waals surface area contributed by atoms with Gasteiger partial charge in [0, 0.05) is 18.3 Å². The van der Waals surface area contributed by atoms with Crippen LogP contribution >= 0.6 is 0 Å². The van der Waals surface area contributed by atoms with Crippen molar-refractivity contribution in [2.75, 3.05) is 18.9 Å². The second-order valence-corrected chi connectivity index (χ2v) is 4.59. The van der Waals surface area contributed by atoms with Crippen LogP contribution < -0.4 is 15.8 Å². The van der Waals surface area contributed by atoms with Crippen molar-refractivity contribution in [2.45, 2.75) is 6.42 Å². The fourth-order valence-corrected chi connectivity index (χ4v) is 1.80. The normalized spacial score (nSPS) is 10.1. The molecule has 0 atom stereocenters. The first-order valence-corrected chi connectivity index (χ1v) is 6.63. The van der Waals surface area contributed by atoms with Gasteiger partial charge in [-0.3, -0.25) is 4.79 Å². The second kappa shape index (κ2) is 7.28. The molecule has 0 aromatic heterocycles. The minimum Gasteiger partial charge on any atom is -0.484 e. The van der Waals surface area contributed by atoms with Crippen molar-refractivity contribution in [2.24, 2.45) is 0 Å². The molecular formula is C16H17FN2O2. The number of anilines is 1. The Bertz CT molecular complexity index is 599. The molecule has 0 aliphatic carbocycles. The van der Waals surface area contributed by atoms with Crippen LogP contribution in [0.25, 0.3) is 0 Å². The summed E-state index contributed by atoms with van der Waals surface area (Å²) in [5.74, 6) is 0.0848. The number of rotatable bonds is 6. The highest BCUT2D eigenvalue weighted by atomic mass is 19.1. The molecule has 0 unspecified atom stereocenters. The number of benzene rings is 2. The van der Waals surface area contributed by atoms with Gasteiger partial charge in [-0.1, -0.05) is 18.2 Å². The molecule has 0 spiro atoms. The first-order valence-electron chi connectivity index (χ1n) is 6.63. The molecular weight excluding hydrogens is 271 g/mol. The lowest BCUT2D eigenvalue weighted by atomic mass is 10.1. The van der Waals surface area contributed by atoms with E-state index in [-0.39, 0.29) is 18.3 Å². The lowest BCUT2D eigenvalue weighted by Gasteiger charge is -2.08. The van der Waals surface area contributed by atoms with Gasteiger partial charge in [-0.2, -0.15) is 0 Å². The molecule has 0 heterocycles. The number of nitrogen functional groups attached to an aromatic ring is 1. The predicted molar refractivity (Wildman–Crippen MR) is 79.5 cm³/mol. The topological polar surface area (TPSA) is 64.3 Å². The molecule has 110 valence electrons. The van der Waals surface area contributed by atoms with E-state index in [1.54, 1.807) is 36.4 Å². The maximum atomic E-state index is 12.7. The summed E-state index contributed by atoms with van der Waals surface area (Å²) in [7, 11) is 0. The molecule has 5 heteroatoms. The van der Waals surface area contributed by atoms with Gasteiger partial charge in [0.2, 0.25) is 0 Å². The number of amides is 1. The Kier molecular flexibility index (Phi) is 5.15. The Morgan fingerprint density at radius 1 is 1.19 bits per heavy atom. The zero-order valence-electron chi connectivity index (χ0n) is 11.5. The molecule has 0 radical (unpaired) electrons. The fraction of sp³-hybridized carbons (Fsp3) is 0.188. The van der Waals surface area contributed by atoms with Crippen molar-refractivity contribution in [3.63, 3.8) is 0 Å². The van der Waals surface area contributed by atoms with Gasteiger partial charge < -0.3 is 15.8 Å². The second-order valence-electron chi connectivity index (χ2n) is 4.59. The highest BCUT2D eigenvalue weighted by Gasteiger charge is 2.03. The summed E-state index contributed by atoms with van der Waals surface area (Å²) in [6, 6.07) is 13.1. The van der Waals surface area contributed by atoms with Gasteiger partial charge in [0.25, 0.3) is 5.91 Å². The third-order valence-electron chi connectivity index (χ3n) is 2.88. The van der Waals surface area contributed by atoms with E-state index < -0.39 is 0 Å².